The fraction of sp³-hybridized carbons (Fsp3) is 0.500. The number of carbonyl (C=O) groups is 2. The van der Waals surface area contributed by atoms with Gasteiger partial charge in [-0.05, 0) is 49.9 Å². The van der Waals surface area contributed by atoms with E-state index in [1.807, 2.05) is 0 Å². The van der Waals surface area contributed by atoms with Gasteiger partial charge < -0.3 is 15.4 Å². The van der Waals surface area contributed by atoms with Crippen molar-refractivity contribution in [2.24, 2.45) is 5.92 Å². The van der Waals surface area contributed by atoms with E-state index in [-0.39, 0.29) is 23.8 Å². The third-order valence-electron chi connectivity index (χ3n) is 3.88. The number of ether oxygens (including phenoxy) is 1. The first kappa shape index (κ1) is 14.1. The van der Waals surface area contributed by atoms with Crippen molar-refractivity contribution in [2.75, 3.05) is 18.5 Å². The molecule has 3 rings (SSSR count). The SMILES string of the molecule is O=C(NC[C@@H]1CCCO1)c1ccc(NC(=O)C2CC2)cc1. The van der Waals surface area contributed by atoms with Crippen LogP contribution in [0.5, 0.6) is 0 Å². The summed E-state index contributed by atoms with van der Waals surface area (Å²) in [5.74, 6) is 0.149. The molecule has 0 bridgehead atoms. The first-order valence-corrected chi connectivity index (χ1v) is 7.53. The Hall–Kier alpha value is -1.88. The van der Waals surface area contributed by atoms with Crippen LogP contribution < -0.4 is 10.6 Å². The Morgan fingerprint density at radius 2 is 1.90 bits per heavy atom. The molecule has 2 amide bonds. The molecule has 1 atom stereocenters. The van der Waals surface area contributed by atoms with Crippen molar-refractivity contribution in [3.8, 4) is 0 Å². The molecule has 1 saturated carbocycles. The summed E-state index contributed by atoms with van der Waals surface area (Å²) in [5.41, 5.74) is 1.33. The number of nitrogens with one attached hydrogen (secondary N) is 2. The average molecular weight is 288 g/mol. The van der Waals surface area contributed by atoms with Crippen molar-refractivity contribution in [1.29, 1.82) is 0 Å². The molecule has 5 nitrogen and oxygen atoms in total. The minimum absolute atomic E-state index is 0.0746. The van der Waals surface area contributed by atoms with E-state index >= 15 is 0 Å². The van der Waals surface area contributed by atoms with E-state index in [4.69, 9.17) is 4.74 Å². The Morgan fingerprint density at radius 3 is 2.52 bits per heavy atom. The van der Waals surface area contributed by atoms with E-state index in [0.29, 0.717) is 12.1 Å². The van der Waals surface area contributed by atoms with Crippen molar-refractivity contribution < 1.29 is 14.3 Å². The fourth-order valence-electron chi connectivity index (χ4n) is 2.41. The zero-order chi connectivity index (χ0) is 14.7. The number of carbonyl (C=O) groups excluding carboxylic acids is 2. The molecule has 0 radical (unpaired) electrons. The second-order valence-electron chi connectivity index (χ2n) is 5.69. The lowest BCUT2D eigenvalue weighted by Crippen LogP contribution is -2.31. The van der Waals surface area contributed by atoms with Crippen molar-refractivity contribution in [3.05, 3.63) is 29.8 Å². The first-order valence-electron chi connectivity index (χ1n) is 7.53. The monoisotopic (exact) mass is 288 g/mol. The number of benzene rings is 1. The minimum Gasteiger partial charge on any atom is -0.376 e. The van der Waals surface area contributed by atoms with Gasteiger partial charge >= 0.3 is 0 Å². The Balaban J connectivity index is 1.50. The zero-order valence-electron chi connectivity index (χ0n) is 11.9. The van der Waals surface area contributed by atoms with Gasteiger partial charge in [-0.25, -0.2) is 0 Å². The highest BCUT2D eigenvalue weighted by atomic mass is 16.5. The van der Waals surface area contributed by atoms with Crippen LogP contribution in [0, 0.1) is 5.92 Å². The molecule has 1 aromatic rings. The fourth-order valence-corrected chi connectivity index (χ4v) is 2.41. The molecule has 0 aromatic heterocycles. The van der Waals surface area contributed by atoms with E-state index in [2.05, 4.69) is 10.6 Å². The molecular formula is C16H20N2O3. The molecule has 2 N–H and O–H groups in total. The van der Waals surface area contributed by atoms with Crippen LogP contribution in [0.1, 0.15) is 36.0 Å². The largest absolute Gasteiger partial charge is 0.376 e. The summed E-state index contributed by atoms with van der Waals surface area (Å²) in [4.78, 5) is 23.6. The van der Waals surface area contributed by atoms with Gasteiger partial charge in [0, 0.05) is 30.3 Å². The van der Waals surface area contributed by atoms with Crippen LogP contribution in [0.25, 0.3) is 0 Å². The van der Waals surface area contributed by atoms with Crippen LogP contribution in [0.4, 0.5) is 5.69 Å². The molecule has 2 aliphatic rings. The predicted octanol–water partition coefficient (Wildman–Crippen LogP) is 1.94. The normalized spacial score (nSPS) is 21.0. The van der Waals surface area contributed by atoms with Gasteiger partial charge in [0.25, 0.3) is 5.91 Å². The lowest BCUT2D eigenvalue weighted by Gasteiger charge is -2.11. The molecule has 1 aliphatic carbocycles. The number of hydrogen-bond acceptors (Lipinski definition) is 3. The standard InChI is InChI=1S/C16H20N2O3/c19-15(17-10-14-2-1-9-21-14)11-5-7-13(8-6-11)18-16(20)12-3-4-12/h5-8,12,14H,1-4,9-10H2,(H,17,19)(H,18,20)/t14-/m0/s1. The second-order valence-corrected chi connectivity index (χ2v) is 5.69. The van der Waals surface area contributed by atoms with Gasteiger partial charge in [0.2, 0.25) is 5.91 Å². The quantitative estimate of drug-likeness (QED) is 0.870. The summed E-state index contributed by atoms with van der Waals surface area (Å²) < 4.78 is 5.47. The predicted molar refractivity (Wildman–Crippen MR) is 79.1 cm³/mol. The van der Waals surface area contributed by atoms with Crippen LogP contribution in [0.3, 0.4) is 0 Å². The second kappa shape index (κ2) is 6.26. The number of amides is 2. The lowest BCUT2D eigenvalue weighted by atomic mass is 10.2. The van der Waals surface area contributed by atoms with Gasteiger partial charge in [-0.2, -0.15) is 0 Å². The van der Waals surface area contributed by atoms with Gasteiger partial charge in [0.15, 0.2) is 0 Å². The van der Waals surface area contributed by atoms with Gasteiger partial charge in [-0.1, -0.05) is 0 Å². The van der Waals surface area contributed by atoms with Crippen molar-refractivity contribution in [3.63, 3.8) is 0 Å². The molecule has 1 saturated heterocycles. The van der Waals surface area contributed by atoms with Gasteiger partial charge in [-0.15, -0.1) is 0 Å². The maximum absolute atomic E-state index is 12.0. The highest BCUT2D eigenvalue weighted by molar-refractivity contribution is 5.96. The van der Waals surface area contributed by atoms with E-state index in [0.717, 1.165) is 38.0 Å². The minimum atomic E-state index is -0.106. The highest BCUT2D eigenvalue weighted by Gasteiger charge is 2.29. The smallest absolute Gasteiger partial charge is 0.251 e. The van der Waals surface area contributed by atoms with Crippen molar-refractivity contribution >= 4 is 17.5 Å². The topological polar surface area (TPSA) is 67.4 Å². The van der Waals surface area contributed by atoms with Crippen LogP contribution >= 0.6 is 0 Å². The Kier molecular flexibility index (Phi) is 4.20. The van der Waals surface area contributed by atoms with E-state index in [1.54, 1.807) is 24.3 Å². The van der Waals surface area contributed by atoms with Crippen molar-refractivity contribution in [1.82, 2.24) is 5.32 Å². The summed E-state index contributed by atoms with van der Waals surface area (Å²) in [5, 5.41) is 5.73. The molecular weight excluding hydrogens is 268 g/mol. The summed E-state index contributed by atoms with van der Waals surface area (Å²) in [6.07, 6.45) is 4.18. The van der Waals surface area contributed by atoms with Gasteiger partial charge in [-0.3, -0.25) is 9.59 Å². The van der Waals surface area contributed by atoms with E-state index in [9.17, 15) is 9.59 Å². The summed E-state index contributed by atoms with van der Waals surface area (Å²) in [6.45, 7) is 1.34. The summed E-state index contributed by atoms with van der Waals surface area (Å²) in [7, 11) is 0. The maximum atomic E-state index is 12.0. The molecule has 21 heavy (non-hydrogen) atoms. The number of anilines is 1. The summed E-state index contributed by atoms with van der Waals surface area (Å²) >= 11 is 0. The average Bonchev–Trinajstić information content (AvgIpc) is 3.23. The summed E-state index contributed by atoms with van der Waals surface area (Å²) in [6, 6.07) is 6.99. The highest BCUT2D eigenvalue weighted by Crippen LogP contribution is 2.30. The molecule has 2 fully saturated rings. The lowest BCUT2D eigenvalue weighted by molar-refractivity contribution is -0.117. The van der Waals surface area contributed by atoms with Crippen molar-refractivity contribution in [2.45, 2.75) is 31.8 Å². The van der Waals surface area contributed by atoms with E-state index < -0.39 is 0 Å². The Bertz CT molecular complexity index is 517. The third-order valence-corrected chi connectivity index (χ3v) is 3.88. The van der Waals surface area contributed by atoms with E-state index in [1.165, 1.54) is 0 Å². The maximum Gasteiger partial charge on any atom is 0.251 e. The van der Waals surface area contributed by atoms with Crippen LogP contribution in [-0.2, 0) is 9.53 Å². The Morgan fingerprint density at radius 1 is 1.14 bits per heavy atom. The van der Waals surface area contributed by atoms with Crippen LogP contribution in [-0.4, -0.2) is 31.1 Å². The third kappa shape index (κ3) is 3.82. The van der Waals surface area contributed by atoms with Crippen LogP contribution in [0.15, 0.2) is 24.3 Å². The molecule has 1 heterocycles. The number of rotatable bonds is 5. The molecule has 0 spiro atoms. The zero-order valence-corrected chi connectivity index (χ0v) is 11.9. The molecule has 1 aliphatic heterocycles. The molecule has 0 unspecified atom stereocenters. The Labute approximate surface area is 124 Å². The first-order chi connectivity index (χ1) is 10.2. The number of hydrogen-bond donors (Lipinski definition) is 2. The van der Waals surface area contributed by atoms with Gasteiger partial charge in [0.05, 0.1) is 6.10 Å². The molecule has 112 valence electrons. The van der Waals surface area contributed by atoms with Gasteiger partial charge in [0.1, 0.15) is 0 Å². The van der Waals surface area contributed by atoms with Crippen LogP contribution in [0.2, 0.25) is 0 Å². The molecule has 5 heteroatoms. The molecule has 1 aromatic carbocycles.